The molecule has 0 fully saturated rings. The van der Waals surface area contributed by atoms with Gasteiger partial charge >= 0.3 is 0 Å². The number of carbonyl (C=O) groups is 3. The fraction of sp³-hybridized carbons (Fsp3) is 0.600. The van der Waals surface area contributed by atoms with E-state index in [9.17, 15) is 14.4 Å². The van der Waals surface area contributed by atoms with E-state index in [-0.39, 0.29) is 35.5 Å². The maximum absolute atomic E-state index is 12.3. The van der Waals surface area contributed by atoms with E-state index in [1.54, 1.807) is 28.7 Å². The maximum Gasteiger partial charge on any atom is 0.223 e. The zero-order valence-electron chi connectivity index (χ0n) is 27.7. The van der Waals surface area contributed by atoms with Crippen LogP contribution in [0.1, 0.15) is 79.1 Å². The summed E-state index contributed by atoms with van der Waals surface area (Å²) in [6.07, 6.45) is 27.5. The lowest BCUT2D eigenvalue weighted by molar-refractivity contribution is -0.129. The number of carbonyl (C=O) groups excluding carboxylic acids is 3. The summed E-state index contributed by atoms with van der Waals surface area (Å²) < 4.78 is 5.19. The lowest BCUT2D eigenvalue weighted by Crippen LogP contribution is -2.41. The average Bonchev–Trinajstić information content (AvgIpc) is 2.99. The zero-order valence-corrected chi connectivity index (χ0v) is 29.3. The lowest BCUT2D eigenvalue weighted by atomic mass is 9.80. The van der Waals surface area contributed by atoms with Crippen LogP contribution in [0.25, 0.3) is 0 Å². The van der Waals surface area contributed by atoms with Gasteiger partial charge in [-0.25, -0.2) is 0 Å². The molecular weight excluding hydrogens is 591 g/mol. The van der Waals surface area contributed by atoms with Crippen LogP contribution in [0.2, 0.25) is 0 Å². The predicted molar refractivity (Wildman–Crippen MR) is 191 cm³/mol. The van der Waals surface area contributed by atoms with Gasteiger partial charge in [0.2, 0.25) is 17.7 Å². The molecule has 0 saturated heterocycles. The number of amides is 3. The molecule has 0 aromatic rings. The normalized spacial score (nSPS) is 12.6. The van der Waals surface area contributed by atoms with Crippen LogP contribution in [0.3, 0.4) is 0 Å². The highest BCUT2D eigenvalue weighted by Gasteiger charge is 2.31. The van der Waals surface area contributed by atoms with Crippen molar-refractivity contribution in [1.82, 2.24) is 16.0 Å². The molecule has 0 radical (unpaired) electrons. The van der Waals surface area contributed by atoms with E-state index in [1.807, 2.05) is 32.9 Å². The van der Waals surface area contributed by atoms with Crippen LogP contribution in [0.15, 0.2) is 66.5 Å². The minimum Gasteiger partial charge on any atom is -0.384 e. The molecule has 9 heteroatoms. The topological polar surface area (TPSA) is 96.5 Å². The second kappa shape index (κ2) is 29.3. The van der Waals surface area contributed by atoms with Crippen molar-refractivity contribution < 1.29 is 19.1 Å². The predicted octanol–water partition coefficient (Wildman–Crippen LogP) is 7.10. The summed E-state index contributed by atoms with van der Waals surface area (Å²) in [5, 5.41) is 8.65. The number of hydrogen-bond acceptors (Lipinski definition) is 6. The van der Waals surface area contributed by atoms with E-state index < -0.39 is 0 Å². The molecular formula is C35H57N3O4S2. The Bertz CT molecular complexity index is 967. The fourth-order valence-electron chi connectivity index (χ4n) is 3.65. The molecule has 1 atom stereocenters. The van der Waals surface area contributed by atoms with Crippen molar-refractivity contribution in [1.29, 1.82) is 0 Å². The molecule has 0 aliphatic carbocycles. The van der Waals surface area contributed by atoms with Crippen molar-refractivity contribution in [3.05, 3.63) is 66.5 Å². The van der Waals surface area contributed by atoms with Gasteiger partial charge in [-0.05, 0) is 56.1 Å². The largest absolute Gasteiger partial charge is 0.384 e. The average molecular weight is 648 g/mol. The van der Waals surface area contributed by atoms with E-state index in [0.29, 0.717) is 39.1 Å². The molecule has 44 heavy (non-hydrogen) atoms. The van der Waals surface area contributed by atoms with Crippen LogP contribution >= 0.6 is 21.6 Å². The van der Waals surface area contributed by atoms with Gasteiger partial charge in [0.05, 0.1) is 6.61 Å². The highest BCUT2D eigenvalue weighted by atomic mass is 33.1. The Morgan fingerprint density at radius 1 is 0.750 bits per heavy atom. The quantitative estimate of drug-likeness (QED) is 0.0401. The van der Waals surface area contributed by atoms with Crippen molar-refractivity contribution in [2.24, 2.45) is 11.3 Å². The summed E-state index contributed by atoms with van der Waals surface area (Å²) in [7, 11) is 4.96. The third-order valence-corrected chi connectivity index (χ3v) is 8.96. The first-order valence-corrected chi connectivity index (χ1v) is 18.3. The van der Waals surface area contributed by atoms with Gasteiger partial charge < -0.3 is 20.7 Å². The Kier molecular flexibility index (Phi) is 27.6. The van der Waals surface area contributed by atoms with Crippen molar-refractivity contribution >= 4 is 39.3 Å². The van der Waals surface area contributed by atoms with Crippen molar-refractivity contribution in [3.63, 3.8) is 0 Å². The van der Waals surface area contributed by atoms with Crippen LogP contribution in [0, 0.1) is 11.3 Å². The van der Waals surface area contributed by atoms with E-state index in [1.165, 1.54) is 0 Å². The minimum absolute atomic E-state index is 0.0450. The van der Waals surface area contributed by atoms with Crippen LogP contribution in [-0.4, -0.2) is 62.6 Å². The van der Waals surface area contributed by atoms with Crippen LogP contribution < -0.4 is 16.0 Å². The highest BCUT2D eigenvalue weighted by Crippen LogP contribution is 2.26. The first-order valence-electron chi connectivity index (χ1n) is 15.8. The number of ether oxygens (including phenoxy) is 1. The molecule has 3 amide bonds. The zero-order chi connectivity index (χ0) is 32.7. The Hall–Kier alpha value is -2.45. The number of methoxy groups -OCH3 is 1. The molecule has 3 N–H and O–H groups in total. The van der Waals surface area contributed by atoms with Crippen molar-refractivity contribution in [2.45, 2.75) is 79.1 Å². The Labute approximate surface area is 275 Å². The van der Waals surface area contributed by atoms with Crippen LogP contribution in [-0.2, 0) is 19.1 Å². The molecule has 0 aromatic carbocycles. The van der Waals surface area contributed by atoms with Gasteiger partial charge in [0.15, 0.2) is 0 Å². The Balaban J connectivity index is 3.69. The second-order valence-electron chi connectivity index (χ2n) is 10.9. The van der Waals surface area contributed by atoms with Crippen LogP contribution in [0.5, 0.6) is 0 Å². The molecule has 1 unspecified atom stereocenters. The standard InChI is InChI=1S/C35H57N3O4S2/c1-6-7-8-9-10-11-12-13-14-15-16-17-18-19-20-21-22-23-32(39)36-26-28-43-44-29-27-37-33(40)24-25-38-34(41)31(2)35(3,4)30-42-5/h7-8,10-11,13-14,16-17,19,21,31H,6,9,12,15,18,22-30H2,1-5H3,(H,36,39)(H,37,40)(H,38,41)/b8-7-,11-10-,14-13-,17-16-. The van der Waals surface area contributed by atoms with Crippen molar-refractivity contribution in [3.8, 4) is 0 Å². The van der Waals surface area contributed by atoms with Gasteiger partial charge in [0.25, 0.3) is 0 Å². The molecule has 0 bridgehead atoms. The molecule has 0 saturated carbocycles. The summed E-state index contributed by atoms with van der Waals surface area (Å²) in [4.78, 5) is 36.3. The number of allylic oxidation sites excluding steroid dienone is 9. The monoisotopic (exact) mass is 647 g/mol. The van der Waals surface area contributed by atoms with Gasteiger partial charge in [0, 0.05) is 57.0 Å². The second-order valence-corrected chi connectivity index (χ2v) is 13.6. The van der Waals surface area contributed by atoms with E-state index in [2.05, 4.69) is 77.2 Å². The van der Waals surface area contributed by atoms with E-state index >= 15 is 0 Å². The summed E-state index contributed by atoms with van der Waals surface area (Å²) in [5.74, 6) is 1.26. The highest BCUT2D eigenvalue weighted by molar-refractivity contribution is 8.76. The molecule has 0 rings (SSSR count). The lowest BCUT2D eigenvalue weighted by Gasteiger charge is -2.29. The molecule has 248 valence electrons. The molecule has 0 spiro atoms. The smallest absolute Gasteiger partial charge is 0.223 e. The van der Waals surface area contributed by atoms with Gasteiger partial charge in [0.1, 0.15) is 0 Å². The number of hydrogen-bond donors (Lipinski definition) is 3. The SMILES string of the molecule is CC/C=C\C/C=C\C/C=C\C/C=C\CC=C=CCCC(=O)NCCSSCCNC(=O)CCNC(=O)C(C)C(C)(C)COC. The van der Waals surface area contributed by atoms with Gasteiger partial charge in [-0.1, -0.05) is 97.9 Å². The van der Waals surface area contributed by atoms with Crippen LogP contribution in [0.4, 0.5) is 0 Å². The van der Waals surface area contributed by atoms with Gasteiger partial charge in [-0.15, -0.1) is 5.73 Å². The fourth-order valence-corrected chi connectivity index (χ4v) is 5.46. The Morgan fingerprint density at radius 3 is 1.82 bits per heavy atom. The number of rotatable bonds is 26. The third kappa shape index (κ3) is 26.0. The Morgan fingerprint density at radius 2 is 1.27 bits per heavy atom. The summed E-state index contributed by atoms with van der Waals surface area (Å²) in [6.45, 7) is 10.00. The van der Waals surface area contributed by atoms with E-state index in [0.717, 1.165) is 43.6 Å². The summed E-state index contributed by atoms with van der Waals surface area (Å²) in [6, 6.07) is 0. The molecule has 0 heterocycles. The first-order chi connectivity index (χ1) is 21.2. The summed E-state index contributed by atoms with van der Waals surface area (Å²) in [5.41, 5.74) is 2.87. The van der Waals surface area contributed by atoms with Gasteiger partial charge in [-0.2, -0.15) is 0 Å². The third-order valence-electron chi connectivity index (χ3n) is 6.56. The first kappa shape index (κ1) is 41.5. The summed E-state index contributed by atoms with van der Waals surface area (Å²) >= 11 is 0. The van der Waals surface area contributed by atoms with Gasteiger partial charge in [-0.3, -0.25) is 14.4 Å². The molecule has 0 aromatic heterocycles. The molecule has 0 aliphatic rings. The maximum atomic E-state index is 12.3. The van der Waals surface area contributed by atoms with E-state index in [4.69, 9.17) is 4.74 Å². The number of nitrogens with one attached hydrogen (secondary N) is 3. The van der Waals surface area contributed by atoms with Crippen molar-refractivity contribution in [2.75, 3.05) is 44.9 Å². The molecule has 0 aliphatic heterocycles. The molecule has 7 nitrogen and oxygen atoms in total. The minimum atomic E-state index is -0.270.